The van der Waals surface area contributed by atoms with Gasteiger partial charge < -0.3 is 21.1 Å². The van der Waals surface area contributed by atoms with Gasteiger partial charge >= 0.3 is 0 Å². The maximum absolute atomic E-state index is 11.7. The van der Waals surface area contributed by atoms with E-state index in [0.29, 0.717) is 29.7 Å². The number of nitrogens with zero attached hydrogens (tertiary/aromatic N) is 3. The molecule has 1 saturated carbocycles. The Morgan fingerprint density at radius 1 is 1.30 bits per heavy atom. The first-order chi connectivity index (χ1) is 13.1. The molecule has 7 nitrogen and oxygen atoms in total. The van der Waals surface area contributed by atoms with Crippen molar-refractivity contribution in [2.75, 3.05) is 30.4 Å². The number of anilines is 2. The monoisotopic (exact) mass is 369 g/mol. The van der Waals surface area contributed by atoms with Crippen LogP contribution in [0, 0.1) is 0 Å². The fourth-order valence-corrected chi connectivity index (χ4v) is 3.39. The van der Waals surface area contributed by atoms with Crippen LogP contribution in [0.1, 0.15) is 42.5 Å². The van der Waals surface area contributed by atoms with Crippen LogP contribution < -0.4 is 16.0 Å². The zero-order chi connectivity index (χ0) is 19.2. The molecule has 27 heavy (non-hydrogen) atoms. The van der Waals surface area contributed by atoms with E-state index in [0.717, 1.165) is 24.2 Å². The Bertz CT molecular complexity index is 790. The van der Waals surface area contributed by atoms with Gasteiger partial charge in [0.15, 0.2) is 0 Å². The number of rotatable bonds is 7. The second-order valence-corrected chi connectivity index (χ2v) is 7.02. The van der Waals surface area contributed by atoms with Crippen molar-refractivity contribution >= 4 is 17.5 Å². The average Bonchev–Trinajstić information content (AvgIpc) is 2.69. The summed E-state index contributed by atoms with van der Waals surface area (Å²) in [5, 5.41) is 12.7. The largest absolute Gasteiger partial charge is 0.395 e. The second-order valence-electron chi connectivity index (χ2n) is 7.02. The quantitative estimate of drug-likeness (QED) is 0.692. The van der Waals surface area contributed by atoms with E-state index in [2.05, 4.69) is 15.3 Å². The summed E-state index contributed by atoms with van der Waals surface area (Å²) in [5.74, 6) is 0.900. The van der Waals surface area contributed by atoms with Crippen molar-refractivity contribution in [3.8, 4) is 11.3 Å². The van der Waals surface area contributed by atoms with Crippen molar-refractivity contribution in [3.05, 3.63) is 36.0 Å². The molecule has 0 atom stereocenters. The van der Waals surface area contributed by atoms with E-state index >= 15 is 0 Å². The van der Waals surface area contributed by atoms with Crippen molar-refractivity contribution in [2.24, 2.45) is 5.73 Å². The molecule has 144 valence electrons. The third-order valence-electron chi connectivity index (χ3n) is 4.94. The van der Waals surface area contributed by atoms with Gasteiger partial charge in [0.25, 0.3) is 0 Å². The minimum atomic E-state index is -0.507. The number of carbonyl (C=O) groups excluding carboxylic acids is 1. The lowest BCUT2D eigenvalue weighted by atomic mass is 9.95. The van der Waals surface area contributed by atoms with Crippen LogP contribution >= 0.6 is 0 Å². The number of carbonyl (C=O) groups is 1. The molecule has 1 fully saturated rings. The SMILES string of the molecule is CN(CCO)c1cc(C(N)=O)cc(-c2ccnc(NC3CCCCC3)c2)n1. The summed E-state index contributed by atoms with van der Waals surface area (Å²) >= 11 is 0. The first-order valence-corrected chi connectivity index (χ1v) is 9.43. The lowest BCUT2D eigenvalue weighted by Gasteiger charge is -2.23. The summed E-state index contributed by atoms with van der Waals surface area (Å²) in [5.41, 5.74) is 7.40. The molecule has 2 aromatic rings. The molecule has 0 bridgehead atoms. The zero-order valence-corrected chi connectivity index (χ0v) is 15.7. The highest BCUT2D eigenvalue weighted by atomic mass is 16.3. The van der Waals surface area contributed by atoms with E-state index in [1.165, 1.54) is 19.3 Å². The van der Waals surface area contributed by atoms with Crippen LogP contribution in [-0.2, 0) is 0 Å². The molecule has 2 aromatic heterocycles. The first-order valence-electron chi connectivity index (χ1n) is 9.43. The Labute approximate surface area is 159 Å². The number of hydrogen-bond acceptors (Lipinski definition) is 6. The molecule has 1 aliphatic rings. The summed E-state index contributed by atoms with van der Waals surface area (Å²) in [6.07, 6.45) is 7.88. The molecular formula is C20H27N5O2. The highest BCUT2D eigenvalue weighted by Gasteiger charge is 2.15. The molecular weight excluding hydrogens is 342 g/mol. The third-order valence-corrected chi connectivity index (χ3v) is 4.94. The van der Waals surface area contributed by atoms with Crippen LogP contribution in [-0.4, -0.2) is 47.2 Å². The number of pyridine rings is 2. The number of nitrogens with one attached hydrogen (secondary N) is 1. The van der Waals surface area contributed by atoms with Gasteiger partial charge in [-0.1, -0.05) is 19.3 Å². The smallest absolute Gasteiger partial charge is 0.248 e. The summed E-state index contributed by atoms with van der Waals surface area (Å²) in [4.78, 5) is 22.6. The van der Waals surface area contributed by atoms with Crippen LogP contribution in [0.15, 0.2) is 30.5 Å². The van der Waals surface area contributed by atoms with Gasteiger partial charge in [0.2, 0.25) is 5.91 Å². The number of aliphatic hydroxyl groups excluding tert-OH is 1. The fourth-order valence-electron chi connectivity index (χ4n) is 3.39. The maximum Gasteiger partial charge on any atom is 0.248 e. The van der Waals surface area contributed by atoms with E-state index in [4.69, 9.17) is 5.73 Å². The van der Waals surface area contributed by atoms with Crippen LogP contribution in [0.4, 0.5) is 11.6 Å². The number of aliphatic hydroxyl groups is 1. The highest BCUT2D eigenvalue weighted by Crippen LogP contribution is 2.26. The Morgan fingerprint density at radius 2 is 2.07 bits per heavy atom. The van der Waals surface area contributed by atoms with Gasteiger partial charge in [-0.3, -0.25) is 4.79 Å². The Kier molecular flexibility index (Phi) is 6.24. The fraction of sp³-hybridized carbons (Fsp3) is 0.450. The van der Waals surface area contributed by atoms with Crippen molar-refractivity contribution in [1.29, 1.82) is 0 Å². The van der Waals surface area contributed by atoms with Crippen LogP contribution in [0.3, 0.4) is 0 Å². The van der Waals surface area contributed by atoms with Gasteiger partial charge in [-0.05, 0) is 37.1 Å². The minimum absolute atomic E-state index is 0.000966. The predicted molar refractivity (Wildman–Crippen MR) is 107 cm³/mol. The van der Waals surface area contributed by atoms with Crippen molar-refractivity contribution in [2.45, 2.75) is 38.1 Å². The molecule has 4 N–H and O–H groups in total. The molecule has 0 saturated heterocycles. The number of amides is 1. The number of likely N-dealkylation sites (N-methyl/N-ethyl adjacent to an activating group) is 1. The summed E-state index contributed by atoms with van der Waals surface area (Å²) < 4.78 is 0. The van der Waals surface area contributed by atoms with E-state index in [1.54, 1.807) is 23.2 Å². The Balaban J connectivity index is 1.90. The average molecular weight is 369 g/mol. The standard InChI is InChI=1S/C20H27N5O2/c1-25(9-10-26)19-13-15(20(21)27)11-17(24-19)14-7-8-22-18(12-14)23-16-5-3-2-4-6-16/h7-8,11-13,16,26H,2-6,9-10H2,1H3,(H2,21,27)(H,22,23). The lowest BCUT2D eigenvalue weighted by molar-refractivity contribution is 0.1000. The van der Waals surface area contributed by atoms with E-state index in [-0.39, 0.29) is 6.61 Å². The molecule has 0 unspecified atom stereocenters. The predicted octanol–water partition coefficient (Wildman–Crippen LogP) is 2.42. The lowest BCUT2D eigenvalue weighted by Crippen LogP contribution is -2.23. The normalized spacial score (nSPS) is 14.7. The molecule has 0 aromatic carbocycles. The Morgan fingerprint density at radius 3 is 2.78 bits per heavy atom. The number of hydrogen-bond donors (Lipinski definition) is 3. The summed E-state index contributed by atoms with van der Waals surface area (Å²) in [7, 11) is 1.82. The van der Waals surface area contributed by atoms with Crippen LogP contribution in [0.5, 0.6) is 0 Å². The van der Waals surface area contributed by atoms with Crippen molar-refractivity contribution < 1.29 is 9.90 Å². The van der Waals surface area contributed by atoms with Gasteiger partial charge in [-0.2, -0.15) is 0 Å². The van der Waals surface area contributed by atoms with E-state index in [9.17, 15) is 9.90 Å². The minimum Gasteiger partial charge on any atom is -0.395 e. The maximum atomic E-state index is 11.7. The van der Waals surface area contributed by atoms with Gasteiger partial charge in [0.1, 0.15) is 11.6 Å². The van der Waals surface area contributed by atoms with Crippen LogP contribution in [0.25, 0.3) is 11.3 Å². The number of nitrogens with two attached hydrogens (primary N) is 1. The highest BCUT2D eigenvalue weighted by molar-refractivity contribution is 5.94. The van der Waals surface area contributed by atoms with Gasteiger partial charge in [-0.25, -0.2) is 9.97 Å². The molecule has 0 spiro atoms. The summed E-state index contributed by atoms with van der Waals surface area (Å²) in [6, 6.07) is 7.62. The first kappa shape index (κ1) is 19.1. The van der Waals surface area contributed by atoms with E-state index in [1.807, 2.05) is 19.2 Å². The number of aromatic nitrogens is 2. The van der Waals surface area contributed by atoms with Crippen molar-refractivity contribution in [3.63, 3.8) is 0 Å². The third kappa shape index (κ3) is 4.95. The molecule has 0 radical (unpaired) electrons. The molecule has 1 aliphatic carbocycles. The van der Waals surface area contributed by atoms with E-state index < -0.39 is 5.91 Å². The van der Waals surface area contributed by atoms with Gasteiger partial charge in [0, 0.05) is 37.0 Å². The van der Waals surface area contributed by atoms with Crippen molar-refractivity contribution in [1.82, 2.24) is 9.97 Å². The zero-order valence-electron chi connectivity index (χ0n) is 15.7. The topological polar surface area (TPSA) is 104 Å². The van der Waals surface area contributed by atoms with Crippen LogP contribution in [0.2, 0.25) is 0 Å². The molecule has 2 heterocycles. The molecule has 1 amide bonds. The van der Waals surface area contributed by atoms with Gasteiger partial charge in [-0.15, -0.1) is 0 Å². The molecule has 3 rings (SSSR count). The molecule has 0 aliphatic heterocycles. The molecule has 7 heteroatoms. The second kappa shape index (κ2) is 8.81. The summed E-state index contributed by atoms with van der Waals surface area (Å²) in [6.45, 7) is 0.415. The number of primary amides is 1. The van der Waals surface area contributed by atoms with Gasteiger partial charge in [0.05, 0.1) is 12.3 Å². The Hall–Kier alpha value is -2.67.